The van der Waals surface area contributed by atoms with Gasteiger partial charge in [-0.05, 0) is 44.9 Å². The minimum absolute atomic E-state index is 0.240. The molecule has 1 saturated heterocycles. The lowest BCUT2D eigenvalue weighted by Crippen LogP contribution is -2.42. The van der Waals surface area contributed by atoms with Crippen molar-refractivity contribution in [3.05, 3.63) is 0 Å². The number of rotatable bonds is 3. The molecule has 1 aliphatic heterocycles. The summed E-state index contributed by atoms with van der Waals surface area (Å²) >= 11 is 0. The van der Waals surface area contributed by atoms with E-state index >= 15 is 0 Å². The van der Waals surface area contributed by atoms with Crippen molar-refractivity contribution in [3.63, 3.8) is 0 Å². The van der Waals surface area contributed by atoms with Crippen LogP contribution in [0.15, 0.2) is 0 Å². The first-order chi connectivity index (χ1) is 10.1. The van der Waals surface area contributed by atoms with Crippen molar-refractivity contribution in [2.75, 3.05) is 13.1 Å². The van der Waals surface area contributed by atoms with Crippen LogP contribution in [0.1, 0.15) is 71.6 Å². The minimum atomic E-state index is 0.240. The van der Waals surface area contributed by atoms with Crippen LogP contribution in [0.25, 0.3) is 0 Å². The van der Waals surface area contributed by atoms with Crippen molar-refractivity contribution in [1.82, 2.24) is 10.2 Å². The molecule has 1 amide bonds. The van der Waals surface area contributed by atoms with Crippen molar-refractivity contribution >= 4 is 5.91 Å². The van der Waals surface area contributed by atoms with Crippen molar-refractivity contribution in [2.24, 2.45) is 11.3 Å². The van der Waals surface area contributed by atoms with Crippen molar-refractivity contribution in [2.45, 2.75) is 83.7 Å². The molecule has 0 bridgehead atoms. The van der Waals surface area contributed by atoms with E-state index in [1.54, 1.807) is 0 Å². The topological polar surface area (TPSA) is 32.3 Å². The fraction of sp³-hybridized carbons (Fsp3) is 0.944. The smallest absolute Gasteiger partial charge is 0.225 e. The number of nitrogens with one attached hydrogen (secondary N) is 1. The number of hydrogen-bond donors (Lipinski definition) is 1. The van der Waals surface area contributed by atoms with E-state index in [9.17, 15) is 4.79 Å². The van der Waals surface area contributed by atoms with E-state index < -0.39 is 0 Å². The summed E-state index contributed by atoms with van der Waals surface area (Å²) in [5.41, 5.74) is 0.302. The van der Waals surface area contributed by atoms with Crippen LogP contribution in [0, 0.1) is 11.3 Å². The molecule has 1 spiro atoms. The van der Waals surface area contributed by atoms with E-state index in [-0.39, 0.29) is 12.0 Å². The summed E-state index contributed by atoms with van der Waals surface area (Å²) in [6, 6.07) is 1.02. The van der Waals surface area contributed by atoms with E-state index in [0.717, 1.165) is 12.6 Å². The van der Waals surface area contributed by atoms with Gasteiger partial charge < -0.3 is 5.32 Å². The highest BCUT2D eigenvalue weighted by Crippen LogP contribution is 2.50. The maximum Gasteiger partial charge on any atom is 0.225 e. The second kappa shape index (κ2) is 6.28. The van der Waals surface area contributed by atoms with Crippen molar-refractivity contribution < 1.29 is 4.79 Å². The Morgan fingerprint density at radius 1 is 1.10 bits per heavy atom. The maximum absolute atomic E-state index is 12.7. The van der Waals surface area contributed by atoms with Crippen molar-refractivity contribution in [1.29, 1.82) is 0 Å². The van der Waals surface area contributed by atoms with Crippen LogP contribution in [0.5, 0.6) is 0 Å². The molecule has 1 unspecified atom stereocenters. The zero-order valence-electron chi connectivity index (χ0n) is 13.9. The van der Waals surface area contributed by atoms with E-state index in [1.165, 1.54) is 64.3 Å². The molecule has 2 saturated carbocycles. The number of amides is 1. The molecule has 0 aromatic rings. The summed E-state index contributed by atoms with van der Waals surface area (Å²) in [4.78, 5) is 15.4. The monoisotopic (exact) mass is 292 g/mol. The predicted octanol–water partition coefficient (Wildman–Crippen LogP) is 3.34. The van der Waals surface area contributed by atoms with Gasteiger partial charge in [0.25, 0.3) is 0 Å². The number of nitrogens with zero attached hydrogens (tertiary/aromatic N) is 1. The van der Waals surface area contributed by atoms with Crippen LogP contribution < -0.4 is 5.32 Å². The van der Waals surface area contributed by atoms with Gasteiger partial charge in [-0.2, -0.15) is 0 Å². The van der Waals surface area contributed by atoms with Crippen LogP contribution in [0.4, 0.5) is 0 Å². The Hall–Kier alpha value is -0.570. The van der Waals surface area contributed by atoms with Gasteiger partial charge in [0.2, 0.25) is 5.91 Å². The molecular weight excluding hydrogens is 260 g/mol. The highest BCUT2D eigenvalue weighted by Gasteiger charge is 2.52. The number of likely N-dealkylation sites (tertiary alicyclic amines) is 1. The molecule has 2 aliphatic carbocycles. The first-order valence-corrected chi connectivity index (χ1v) is 9.15. The minimum Gasteiger partial charge on any atom is -0.354 e. The molecule has 0 aromatic carbocycles. The van der Waals surface area contributed by atoms with Crippen LogP contribution >= 0.6 is 0 Å². The molecular formula is C18H32N2O. The lowest BCUT2D eigenvalue weighted by atomic mass is 9.76. The molecule has 0 radical (unpaired) electrons. The molecule has 0 aromatic heterocycles. The summed E-state index contributed by atoms with van der Waals surface area (Å²) in [6.07, 6.45) is 12.1. The second-order valence-electron chi connectivity index (χ2n) is 8.01. The second-order valence-corrected chi connectivity index (χ2v) is 8.01. The largest absolute Gasteiger partial charge is 0.354 e. The summed E-state index contributed by atoms with van der Waals surface area (Å²) in [6.45, 7) is 6.36. The van der Waals surface area contributed by atoms with Gasteiger partial charge in [-0.1, -0.05) is 32.1 Å². The first kappa shape index (κ1) is 15.3. The third-order valence-electron chi connectivity index (χ3n) is 6.11. The standard InChI is InChI=1S/C18H32N2O/c1-14(2)19-17(21)16-12-20(15-8-4-3-5-9-15)13-18(16)10-6-7-11-18/h14-16H,3-13H2,1-2H3,(H,19,21). The van der Waals surface area contributed by atoms with Crippen LogP contribution in [0.3, 0.4) is 0 Å². The van der Waals surface area contributed by atoms with Gasteiger partial charge in [0, 0.05) is 25.2 Å². The Balaban J connectivity index is 1.72. The molecule has 1 heterocycles. The van der Waals surface area contributed by atoms with Gasteiger partial charge in [0.1, 0.15) is 0 Å². The Labute approximate surface area is 129 Å². The van der Waals surface area contributed by atoms with Gasteiger partial charge in [-0.25, -0.2) is 0 Å². The average molecular weight is 292 g/mol. The molecule has 120 valence electrons. The van der Waals surface area contributed by atoms with E-state index in [1.807, 2.05) is 0 Å². The lowest BCUT2D eigenvalue weighted by molar-refractivity contribution is -0.128. The SMILES string of the molecule is CC(C)NC(=O)C1CN(C2CCCCC2)CC12CCCC2. The van der Waals surface area contributed by atoms with Gasteiger partial charge in [0.15, 0.2) is 0 Å². The van der Waals surface area contributed by atoms with Crippen LogP contribution in [0.2, 0.25) is 0 Å². The number of hydrogen-bond acceptors (Lipinski definition) is 2. The predicted molar refractivity (Wildman–Crippen MR) is 86.1 cm³/mol. The zero-order chi connectivity index (χ0) is 14.9. The molecule has 21 heavy (non-hydrogen) atoms. The summed E-state index contributed by atoms with van der Waals surface area (Å²) < 4.78 is 0. The summed E-state index contributed by atoms with van der Waals surface area (Å²) in [5.74, 6) is 0.564. The van der Waals surface area contributed by atoms with Gasteiger partial charge >= 0.3 is 0 Å². The third kappa shape index (κ3) is 3.13. The zero-order valence-corrected chi connectivity index (χ0v) is 13.9. The third-order valence-corrected chi connectivity index (χ3v) is 6.11. The molecule has 3 rings (SSSR count). The van der Waals surface area contributed by atoms with Crippen molar-refractivity contribution in [3.8, 4) is 0 Å². The first-order valence-electron chi connectivity index (χ1n) is 9.15. The van der Waals surface area contributed by atoms with Crippen LogP contribution in [-0.2, 0) is 4.79 Å². The molecule has 1 N–H and O–H groups in total. The van der Waals surface area contributed by atoms with Gasteiger partial charge in [-0.3, -0.25) is 9.69 Å². The van der Waals surface area contributed by atoms with Gasteiger partial charge in [-0.15, -0.1) is 0 Å². The van der Waals surface area contributed by atoms with Gasteiger partial charge in [0.05, 0.1) is 5.92 Å². The number of carbonyl (C=O) groups excluding carboxylic acids is 1. The molecule has 3 heteroatoms. The maximum atomic E-state index is 12.7. The Morgan fingerprint density at radius 2 is 1.76 bits per heavy atom. The Morgan fingerprint density at radius 3 is 2.38 bits per heavy atom. The average Bonchev–Trinajstić information content (AvgIpc) is 3.08. The molecule has 3 fully saturated rings. The Kier molecular flexibility index (Phi) is 4.58. The number of carbonyl (C=O) groups is 1. The fourth-order valence-corrected chi connectivity index (χ4v) is 5.06. The quantitative estimate of drug-likeness (QED) is 0.865. The fourth-order valence-electron chi connectivity index (χ4n) is 5.06. The van der Waals surface area contributed by atoms with E-state index in [2.05, 4.69) is 24.1 Å². The molecule has 3 aliphatic rings. The normalized spacial score (nSPS) is 30.3. The highest BCUT2D eigenvalue weighted by molar-refractivity contribution is 5.80. The lowest BCUT2D eigenvalue weighted by Gasteiger charge is -2.32. The van der Waals surface area contributed by atoms with E-state index in [4.69, 9.17) is 0 Å². The van der Waals surface area contributed by atoms with Crippen LogP contribution in [-0.4, -0.2) is 36.0 Å². The highest BCUT2D eigenvalue weighted by atomic mass is 16.2. The molecule has 1 atom stereocenters. The summed E-state index contributed by atoms with van der Waals surface area (Å²) in [5, 5.41) is 3.19. The Bertz CT molecular complexity index is 367. The summed E-state index contributed by atoms with van der Waals surface area (Å²) in [7, 11) is 0. The molecule has 3 nitrogen and oxygen atoms in total. The van der Waals surface area contributed by atoms with E-state index in [0.29, 0.717) is 11.3 Å².